The molecule has 1 aromatic carbocycles. The Morgan fingerprint density at radius 3 is 2.46 bits per heavy atom. The Morgan fingerprint density at radius 1 is 1.21 bits per heavy atom. The van der Waals surface area contributed by atoms with E-state index in [4.69, 9.17) is 9.47 Å². The summed E-state index contributed by atoms with van der Waals surface area (Å²) in [7, 11) is 1.32. The first-order chi connectivity index (χ1) is 11.5. The van der Waals surface area contributed by atoms with Crippen LogP contribution in [-0.2, 0) is 16.1 Å². The van der Waals surface area contributed by atoms with Gasteiger partial charge in [-0.15, -0.1) is 0 Å². The lowest BCUT2D eigenvalue weighted by Crippen LogP contribution is -2.29. The van der Waals surface area contributed by atoms with Crippen molar-refractivity contribution >= 4 is 5.97 Å². The maximum Gasteiger partial charge on any atom is 0.327 e. The topological polar surface area (TPSA) is 60.5 Å². The monoisotopic (exact) mass is 332 g/mol. The average molecular weight is 332 g/mol. The SMILES string of the molecule is COC(=O)C(NCc1ccc(OC(C)C)nc1)c1ccc(F)cc1. The number of hydrogen-bond acceptors (Lipinski definition) is 5. The molecule has 0 saturated carbocycles. The summed E-state index contributed by atoms with van der Waals surface area (Å²) in [6, 6.07) is 8.71. The molecule has 0 saturated heterocycles. The van der Waals surface area contributed by atoms with Crippen molar-refractivity contribution < 1.29 is 18.7 Å². The number of methoxy groups -OCH3 is 1. The molecular weight excluding hydrogens is 311 g/mol. The summed E-state index contributed by atoms with van der Waals surface area (Å²) in [5.74, 6) is -0.238. The zero-order valence-corrected chi connectivity index (χ0v) is 14.0. The second-order valence-corrected chi connectivity index (χ2v) is 5.56. The highest BCUT2D eigenvalue weighted by Gasteiger charge is 2.20. The number of rotatable bonds is 7. The maximum absolute atomic E-state index is 13.1. The third-order valence-corrected chi connectivity index (χ3v) is 3.30. The third kappa shape index (κ3) is 5.03. The molecule has 1 atom stereocenters. The molecule has 1 unspecified atom stereocenters. The molecule has 0 radical (unpaired) electrons. The van der Waals surface area contributed by atoms with Gasteiger partial charge in [-0.1, -0.05) is 18.2 Å². The van der Waals surface area contributed by atoms with E-state index in [1.54, 1.807) is 24.4 Å². The van der Waals surface area contributed by atoms with Crippen LogP contribution < -0.4 is 10.1 Å². The summed E-state index contributed by atoms with van der Waals surface area (Å²) in [6.45, 7) is 4.27. The predicted molar refractivity (Wildman–Crippen MR) is 88.0 cm³/mol. The number of carbonyl (C=O) groups excluding carboxylic acids is 1. The number of esters is 1. The summed E-state index contributed by atoms with van der Waals surface area (Å²) in [5, 5.41) is 3.10. The quantitative estimate of drug-likeness (QED) is 0.790. The second kappa shape index (κ2) is 8.40. The smallest absolute Gasteiger partial charge is 0.327 e. The lowest BCUT2D eigenvalue weighted by Gasteiger charge is -2.17. The van der Waals surface area contributed by atoms with Crippen LogP contribution in [0.1, 0.15) is 31.0 Å². The van der Waals surface area contributed by atoms with Crippen LogP contribution in [0.2, 0.25) is 0 Å². The van der Waals surface area contributed by atoms with Gasteiger partial charge in [-0.05, 0) is 37.1 Å². The number of benzene rings is 1. The highest BCUT2D eigenvalue weighted by atomic mass is 19.1. The van der Waals surface area contributed by atoms with E-state index in [0.29, 0.717) is 18.0 Å². The first-order valence-corrected chi connectivity index (χ1v) is 7.68. The van der Waals surface area contributed by atoms with Gasteiger partial charge in [0.05, 0.1) is 13.2 Å². The van der Waals surface area contributed by atoms with Crippen molar-refractivity contribution in [2.75, 3.05) is 7.11 Å². The standard InChI is InChI=1S/C18H21FN2O3/c1-12(2)24-16-9-4-13(10-20-16)11-21-17(18(22)23-3)14-5-7-15(19)8-6-14/h4-10,12,17,21H,11H2,1-3H3. The van der Waals surface area contributed by atoms with Crippen LogP contribution in [0, 0.1) is 5.82 Å². The van der Waals surface area contributed by atoms with Gasteiger partial charge in [-0.2, -0.15) is 0 Å². The molecule has 0 bridgehead atoms. The Labute approximate surface area is 140 Å². The van der Waals surface area contributed by atoms with E-state index >= 15 is 0 Å². The fraction of sp³-hybridized carbons (Fsp3) is 0.333. The summed E-state index contributed by atoms with van der Waals surface area (Å²) in [5.41, 5.74) is 1.53. The van der Waals surface area contributed by atoms with Crippen molar-refractivity contribution in [1.82, 2.24) is 10.3 Å². The van der Waals surface area contributed by atoms with Crippen LogP contribution in [-0.4, -0.2) is 24.2 Å². The minimum Gasteiger partial charge on any atom is -0.475 e. The average Bonchev–Trinajstić information content (AvgIpc) is 2.57. The molecule has 0 fully saturated rings. The molecule has 128 valence electrons. The summed E-state index contributed by atoms with van der Waals surface area (Å²) in [4.78, 5) is 16.2. The number of pyridine rings is 1. The number of aromatic nitrogens is 1. The molecule has 0 spiro atoms. The second-order valence-electron chi connectivity index (χ2n) is 5.56. The van der Waals surface area contributed by atoms with Crippen LogP contribution in [0.5, 0.6) is 5.88 Å². The highest BCUT2D eigenvalue weighted by molar-refractivity contribution is 5.77. The van der Waals surface area contributed by atoms with E-state index in [2.05, 4.69) is 10.3 Å². The lowest BCUT2D eigenvalue weighted by molar-refractivity contribution is -0.143. The van der Waals surface area contributed by atoms with Crippen molar-refractivity contribution in [3.63, 3.8) is 0 Å². The van der Waals surface area contributed by atoms with Gasteiger partial charge < -0.3 is 9.47 Å². The van der Waals surface area contributed by atoms with E-state index in [0.717, 1.165) is 5.56 Å². The van der Waals surface area contributed by atoms with Crippen LogP contribution in [0.15, 0.2) is 42.6 Å². The molecule has 0 amide bonds. The molecule has 6 heteroatoms. The fourth-order valence-electron chi connectivity index (χ4n) is 2.16. The van der Waals surface area contributed by atoms with Crippen molar-refractivity contribution in [2.45, 2.75) is 32.5 Å². The van der Waals surface area contributed by atoms with Gasteiger partial charge in [0.1, 0.15) is 11.9 Å². The van der Waals surface area contributed by atoms with E-state index in [-0.39, 0.29) is 11.9 Å². The van der Waals surface area contributed by atoms with E-state index in [1.165, 1.54) is 19.2 Å². The van der Waals surface area contributed by atoms with Gasteiger partial charge in [0, 0.05) is 18.8 Å². The normalized spacial score (nSPS) is 12.0. The predicted octanol–water partition coefficient (Wildman–Crippen LogP) is 3.01. The van der Waals surface area contributed by atoms with Gasteiger partial charge in [0.15, 0.2) is 0 Å². The molecule has 24 heavy (non-hydrogen) atoms. The Hall–Kier alpha value is -2.47. The van der Waals surface area contributed by atoms with Crippen LogP contribution in [0.4, 0.5) is 4.39 Å². The Bertz CT molecular complexity index is 657. The number of nitrogens with one attached hydrogen (secondary N) is 1. The zero-order valence-electron chi connectivity index (χ0n) is 14.0. The van der Waals surface area contributed by atoms with Crippen molar-refractivity contribution in [2.24, 2.45) is 0 Å². The molecule has 1 N–H and O–H groups in total. The molecule has 0 aliphatic heterocycles. The van der Waals surface area contributed by atoms with Crippen molar-refractivity contribution in [3.8, 4) is 5.88 Å². The minimum atomic E-state index is -0.679. The fourth-order valence-corrected chi connectivity index (χ4v) is 2.16. The van der Waals surface area contributed by atoms with E-state index < -0.39 is 12.0 Å². The Morgan fingerprint density at radius 2 is 1.92 bits per heavy atom. The maximum atomic E-state index is 13.1. The Balaban J connectivity index is 2.05. The lowest BCUT2D eigenvalue weighted by atomic mass is 10.1. The van der Waals surface area contributed by atoms with Crippen LogP contribution in [0.3, 0.4) is 0 Å². The Kier molecular flexibility index (Phi) is 6.26. The molecule has 0 aliphatic carbocycles. The number of carbonyl (C=O) groups is 1. The number of hydrogen-bond donors (Lipinski definition) is 1. The van der Waals surface area contributed by atoms with E-state index in [9.17, 15) is 9.18 Å². The largest absolute Gasteiger partial charge is 0.475 e. The van der Waals surface area contributed by atoms with Crippen molar-refractivity contribution in [3.05, 3.63) is 59.5 Å². The zero-order chi connectivity index (χ0) is 17.5. The highest BCUT2D eigenvalue weighted by Crippen LogP contribution is 2.17. The van der Waals surface area contributed by atoms with Gasteiger partial charge in [0.2, 0.25) is 5.88 Å². The first-order valence-electron chi connectivity index (χ1n) is 7.68. The van der Waals surface area contributed by atoms with Gasteiger partial charge >= 0.3 is 5.97 Å². The number of halogens is 1. The van der Waals surface area contributed by atoms with Crippen molar-refractivity contribution in [1.29, 1.82) is 0 Å². The summed E-state index contributed by atoms with van der Waals surface area (Å²) >= 11 is 0. The van der Waals surface area contributed by atoms with Crippen LogP contribution >= 0.6 is 0 Å². The first kappa shape index (κ1) is 17.9. The number of nitrogens with zero attached hydrogens (tertiary/aromatic N) is 1. The number of ether oxygens (including phenoxy) is 2. The minimum absolute atomic E-state index is 0.0589. The van der Waals surface area contributed by atoms with Crippen LogP contribution in [0.25, 0.3) is 0 Å². The third-order valence-electron chi connectivity index (χ3n) is 3.30. The molecule has 1 heterocycles. The molecule has 2 aromatic rings. The van der Waals surface area contributed by atoms with Gasteiger partial charge in [0.25, 0.3) is 0 Å². The molecule has 0 aliphatic rings. The molecule has 2 rings (SSSR count). The molecule has 5 nitrogen and oxygen atoms in total. The van der Waals surface area contributed by atoms with Gasteiger partial charge in [-0.25, -0.2) is 14.2 Å². The molecule has 1 aromatic heterocycles. The van der Waals surface area contributed by atoms with E-state index in [1.807, 2.05) is 19.9 Å². The summed E-state index contributed by atoms with van der Waals surface area (Å²) in [6.07, 6.45) is 1.74. The molecular formula is C18H21FN2O3. The van der Waals surface area contributed by atoms with Gasteiger partial charge in [-0.3, -0.25) is 5.32 Å². The summed E-state index contributed by atoms with van der Waals surface area (Å²) < 4.78 is 23.4.